The lowest BCUT2D eigenvalue weighted by atomic mass is 9.98. The summed E-state index contributed by atoms with van der Waals surface area (Å²) in [4.78, 5) is 11.3. The van der Waals surface area contributed by atoms with Crippen LogP contribution in [0.3, 0.4) is 0 Å². The molecule has 1 N–H and O–H groups in total. The molecule has 0 radical (unpaired) electrons. The van der Waals surface area contributed by atoms with E-state index in [9.17, 15) is 9.90 Å². The summed E-state index contributed by atoms with van der Waals surface area (Å²) in [6.45, 7) is 0. The average molecular weight is 446 g/mol. The van der Waals surface area contributed by atoms with Crippen molar-refractivity contribution in [1.29, 1.82) is 0 Å². The van der Waals surface area contributed by atoms with Crippen molar-refractivity contribution in [3.05, 3.63) is 76.3 Å². The SMILES string of the molecule is COc1cccc([C@H]2O[C@H](CCC(=O)O)c3cccn3-c3c(F)cc(Cl)cc32)c1OC. The number of carbonyl (C=O) groups is 1. The topological polar surface area (TPSA) is 69.9 Å². The summed E-state index contributed by atoms with van der Waals surface area (Å²) in [6, 6.07) is 11.8. The van der Waals surface area contributed by atoms with Crippen molar-refractivity contribution in [2.45, 2.75) is 25.0 Å². The highest BCUT2D eigenvalue weighted by atomic mass is 35.5. The molecule has 162 valence electrons. The van der Waals surface area contributed by atoms with Crippen LogP contribution in [0.15, 0.2) is 48.7 Å². The highest BCUT2D eigenvalue weighted by Crippen LogP contribution is 2.47. The van der Waals surface area contributed by atoms with Gasteiger partial charge in [-0.1, -0.05) is 23.7 Å². The van der Waals surface area contributed by atoms with E-state index < -0.39 is 24.0 Å². The molecule has 0 saturated carbocycles. The molecule has 2 aromatic carbocycles. The minimum absolute atomic E-state index is 0.0998. The monoisotopic (exact) mass is 445 g/mol. The fourth-order valence-corrected chi connectivity index (χ4v) is 4.25. The van der Waals surface area contributed by atoms with E-state index >= 15 is 4.39 Å². The van der Waals surface area contributed by atoms with E-state index in [0.717, 1.165) is 0 Å². The minimum Gasteiger partial charge on any atom is -0.493 e. The predicted molar refractivity (Wildman–Crippen MR) is 113 cm³/mol. The van der Waals surface area contributed by atoms with Gasteiger partial charge >= 0.3 is 5.97 Å². The second kappa shape index (κ2) is 8.61. The standard InChI is InChI=1S/C23H21ClFNO5/c1-29-19-7-3-5-14(23(19)30-2)22-15-11-13(24)12-16(25)21(15)26-10-4-6-17(26)18(31-22)8-9-20(27)28/h3-7,10-12,18,22H,8-9H2,1-2H3,(H,27,28)/t18-,22-/m1/s1. The molecule has 31 heavy (non-hydrogen) atoms. The van der Waals surface area contributed by atoms with Gasteiger partial charge in [-0.15, -0.1) is 0 Å². The first-order chi connectivity index (χ1) is 14.9. The summed E-state index contributed by atoms with van der Waals surface area (Å²) in [6.07, 6.45) is 0.473. The Morgan fingerprint density at radius 2 is 2.00 bits per heavy atom. The highest BCUT2D eigenvalue weighted by Gasteiger charge is 2.34. The fourth-order valence-electron chi connectivity index (χ4n) is 4.04. The fraction of sp³-hybridized carbons (Fsp3) is 0.261. The Bertz CT molecular complexity index is 1130. The molecule has 4 rings (SSSR count). The smallest absolute Gasteiger partial charge is 0.303 e. The molecule has 0 saturated heterocycles. The van der Waals surface area contributed by atoms with Gasteiger partial charge in [-0.2, -0.15) is 0 Å². The number of halogens is 2. The van der Waals surface area contributed by atoms with Gasteiger partial charge in [-0.05, 0) is 36.8 Å². The van der Waals surface area contributed by atoms with Crippen molar-refractivity contribution >= 4 is 17.6 Å². The third-order valence-electron chi connectivity index (χ3n) is 5.33. The van der Waals surface area contributed by atoms with Crippen LogP contribution in [0.4, 0.5) is 4.39 Å². The van der Waals surface area contributed by atoms with Crippen LogP contribution in [0.2, 0.25) is 5.02 Å². The third-order valence-corrected chi connectivity index (χ3v) is 5.55. The Morgan fingerprint density at radius 1 is 1.19 bits per heavy atom. The Balaban J connectivity index is 1.96. The Hall–Kier alpha value is -3.03. The number of ether oxygens (including phenoxy) is 3. The predicted octanol–water partition coefficient (Wildman–Crippen LogP) is 5.31. The number of nitrogens with zero attached hydrogens (tertiary/aromatic N) is 1. The molecular weight excluding hydrogens is 425 g/mol. The molecule has 8 heteroatoms. The Kier molecular flexibility index (Phi) is 5.89. The largest absolute Gasteiger partial charge is 0.493 e. The minimum atomic E-state index is -0.937. The maximum atomic E-state index is 15.2. The number of hydrogen-bond acceptors (Lipinski definition) is 4. The van der Waals surface area contributed by atoms with Crippen LogP contribution in [-0.2, 0) is 9.53 Å². The number of para-hydroxylation sites is 1. The summed E-state index contributed by atoms with van der Waals surface area (Å²) < 4.78 is 34.4. The van der Waals surface area contributed by atoms with E-state index in [0.29, 0.717) is 34.0 Å². The summed E-state index contributed by atoms with van der Waals surface area (Å²) in [7, 11) is 3.05. The summed E-state index contributed by atoms with van der Waals surface area (Å²) in [5.74, 6) is -0.494. The number of fused-ring (bicyclic) bond motifs is 3. The van der Waals surface area contributed by atoms with Gasteiger partial charge in [-0.3, -0.25) is 4.79 Å². The first-order valence-corrected chi connectivity index (χ1v) is 10.1. The zero-order chi connectivity index (χ0) is 22.1. The molecule has 0 bridgehead atoms. The molecule has 0 unspecified atom stereocenters. The Morgan fingerprint density at radius 3 is 2.71 bits per heavy atom. The van der Waals surface area contributed by atoms with Crippen LogP contribution in [0.1, 0.15) is 41.9 Å². The van der Waals surface area contributed by atoms with Crippen molar-refractivity contribution in [2.24, 2.45) is 0 Å². The maximum absolute atomic E-state index is 15.2. The van der Waals surface area contributed by atoms with Gasteiger partial charge in [0.05, 0.1) is 31.7 Å². The van der Waals surface area contributed by atoms with Gasteiger partial charge in [0, 0.05) is 28.8 Å². The number of benzene rings is 2. The second-order valence-electron chi connectivity index (χ2n) is 7.15. The summed E-state index contributed by atoms with van der Waals surface area (Å²) in [5, 5.41) is 9.45. The van der Waals surface area contributed by atoms with E-state index in [1.165, 1.54) is 20.3 Å². The number of rotatable bonds is 6. The van der Waals surface area contributed by atoms with Crippen LogP contribution in [0.25, 0.3) is 5.69 Å². The van der Waals surface area contributed by atoms with E-state index in [1.54, 1.807) is 41.1 Å². The first-order valence-electron chi connectivity index (χ1n) is 9.69. The van der Waals surface area contributed by atoms with Crippen LogP contribution in [0, 0.1) is 5.82 Å². The molecule has 2 heterocycles. The number of hydrogen-bond donors (Lipinski definition) is 1. The zero-order valence-electron chi connectivity index (χ0n) is 17.0. The zero-order valence-corrected chi connectivity index (χ0v) is 17.7. The second-order valence-corrected chi connectivity index (χ2v) is 7.58. The van der Waals surface area contributed by atoms with Gasteiger partial charge in [0.25, 0.3) is 0 Å². The van der Waals surface area contributed by atoms with Gasteiger partial charge in [-0.25, -0.2) is 4.39 Å². The number of carboxylic acid groups (broad SMARTS) is 1. The average Bonchev–Trinajstić information content (AvgIpc) is 3.17. The summed E-state index contributed by atoms with van der Waals surface area (Å²) >= 11 is 6.22. The molecule has 0 spiro atoms. The first kappa shape index (κ1) is 21.2. The molecule has 0 aliphatic carbocycles. The van der Waals surface area contributed by atoms with E-state index in [1.807, 2.05) is 6.07 Å². The lowest BCUT2D eigenvalue weighted by Crippen LogP contribution is -2.13. The molecule has 1 aliphatic rings. The lowest BCUT2D eigenvalue weighted by molar-refractivity contribution is -0.138. The van der Waals surface area contributed by atoms with E-state index in [2.05, 4.69) is 0 Å². The van der Waals surface area contributed by atoms with Crippen LogP contribution in [0.5, 0.6) is 11.5 Å². The number of aliphatic carboxylic acids is 1. The highest BCUT2D eigenvalue weighted by molar-refractivity contribution is 6.30. The lowest BCUT2D eigenvalue weighted by Gasteiger charge is -2.25. The van der Waals surface area contributed by atoms with E-state index in [4.69, 9.17) is 25.8 Å². The molecule has 1 aliphatic heterocycles. The molecule has 3 aromatic rings. The van der Waals surface area contributed by atoms with Gasteiger partial charge in [0.2, 0.25) is 0 Å². The normalized spacial score (nSPS) is 17.4. The third kappa shape index (κ3) is 3.86. The maximum Gasteiger partial charge on any atom is 0.303 e. The number of carboxylic acids is 1. The molecule has 2 atom stereocenters. The molecular formula is C23H21ClFNO5. The van der Waals surface area contributed by atoms with Gasteiger partial charge in [0.1, 0.15) is 11.9 Å². The van der Waals surface area contributed by atoms with Gasteiger partial charge in [0.15, 0.2) is 11.5 Å². The van der Waals surface area contributed by atoms with Crippen molar-refractivity contribution in [3.63, 3.8) is 0 Å². The van der Waals surface area contributed by atoms with Crippen molar-refractivity contribution in [1.82, 2.24) is 4.57 Å². The van der Waals surface area contributed by atoms with Crippen LogP contribution in [-0.4, -0.2) is 29.9 Å². The van der Waals surface area contributed by atoms with Crippen LogP contribution >= 0.6 is 11.6 Å². The van der Waals surface area contributed by atoms with Crippen LogP contribution < -0.4 is 9.47 Å². The van der Waals surface area contributed by atoms with Gasteiger partial charge < -0.3 is 23.9 Å². The van der Waals surface area contributed by atoms with Crippen molar-refractivity contribution < 1.29 is 28.5 Å². The van der Waals surface area contributed by atoms with E-state index in [-0.39, 0.29) is 17.9 Å². The number of methoxy groups -OCH3 is 2. The molecule has 6 nitrogen and oxygen atoms in total. The molecule has 1 aromatic heterocycles. The quantitative estimate of drug-likeness (QED) is 0.556. The van der Waals surface area contributed by atoms with Crippen molar-refractivity contribution in [3.8, 4) is 17.2 Å². The number of aromatic nitrogens is 1. The molecule has 0 fully saturated rings. The molecule has 0 amide bonds. The van der Waals surface area contributed by atoms with Crippen molar-refractivity contribution in [2.75, 3.05) is 14.2 Å². The summed E-state index contributed by atoms with van der Waals surface area (Å²) in [5.41, 5.74) is 2.09. The Labute approximate surface area is 183 Å².